The summed E-state index contributed by atoms with van der Waals surface area (Å²) in [6, 6.07) is 13.4. The lowest BCUT2D eigenvalue weighted by molar-refractivity contribution is 0.295. The molecule has 2 aromatic heterocycles. The molecule has 3 rings (SSSR count). The fourth-order valence-electron chi connectivity index (χ4n) is 1.64. The summed E-state index contributed by atoms with van der Waals surface area (Å²) in [4.78, 5) is 4.29. The lowest BCUT2D eigenvalue weighted by atomic mass is 10.2. The molecule has 0 bridgehead atoms. The van der Waals surface area contributed by atoms with Crippen LogP contribution in [0.5, 0.6) is 5.88 Å². The zero-order valence-corrected chi connectivity index (χ0v) is 10.2. The Labute approximate surface area is 109 Å². The van der Waals surface area contributed by atoms with Gasteiger partial charge in [-0.25, -0.2) is 4.52 Å². The van der Waals surface area contributed by atoms with Gasteiger partial charge >= 0.3 is 0 Å². The molecule has 1 aromatic carbocycles. The van der Waals surface area contributed by atoms with Gasteiger partial charge in [0.05, 0.1) is 6.20 Å². The van der Waals surface area contributed by atoms with Crippen molar-refractivity contribution in [2.45, 2.75) is 6.61 Å². The molecular formula is C13H10ClN3O. The number of ether oxygens (including phenoxy) is 1. The van der Waals surface area contributed by atoms with Gasteiger partial charge in [0, 0.05) is 0 Å². The van der Waals surface area contributed by atoms with E-state index in [-0.39, 0.29) is 0 Å². The van der Waals surface area contributed by atoms with Crippen LogP contribution >= 0.6 is 11.6 Å². The Hall–Kier alpha value is -2.07. The quantitative estimate of drug-likeness (QED) is 0.726. The molecule has 0 atom stereocenters. The zero-order chi connectivity index (χ0) is 12.4. The largest absolute Gasteiger partial charge is 0.472 e. The molecule has 4 nitrogen and oxygen atoms in total. The minimum absolute atomic E-state index is 0.425. The van der Waals surface area contributed by atoms with Crippen molar-refractivity contribution in [2.75, 3.05) is 0 Å². The molecule has 0 spiro atoms. The summed E-state index contributed by atoms with van der Waals surface area (Å²) in [7, 11) is 0. The maximum atomic E-state index is 5.80. The lowest BCUT2D eigenvalue weighted by Gasteiger charge is -2.01. The Morgan fingerprint density at radius 1 is 1.11 bits per heavy atom. The van der Waals surface area contributed by atoms with E-state index >= 15 is 0 Å². The normalized spacial score (nSPS) is 10.7. The van der Waals surface area contributed by atoms with Crippen molar-refractivity contribution in [3.05, 3.63) is 59.4 Å². The lowest BCUT2D eigenvalue weighted by Crippen LogP contribution is -1.94. The second-order valence-electron chi connectivity index (χ2n) is 3.81. The number of hydrogen-bond acceptors (Lipinski definition) is 3. The van der Waals surface area contributed by atoms with Crippen LogP contribution in [0.4, 0.5) is 0 Å². The molecule has 0 saturated heterocycles. The van der Waals surface area contributed by atoms with E-state index in [4.69, 9.17) is 16.3 Å². The van der Waals surface area contributed by atoms with E-state index in [0.29, 0.717) is 23.3 Å². The molecule has 0 amide bonds. The van der Waals surface area contributed by atoms with E-state index in [9.17, 15) is 0 Å². The predicted octanol–water partition coefficient (Wildman–Crippen LogP) is 2.96. The third kappa shape index (κ3) is 2.28. The summed E-state index contributed by atoms with van der Waals surface area (Å²) in [6.07, 6.45) is 1.71. The molecule has 0 fully saturated rings. The van der Waals surface area contributed by atoms with Crippen LogP contribution in [0.3, 0.4) is 0 Å². The van der Waals surface area contributed by atoms with Gasteiger partial charge in [-0.3, -0.25) is 0 Å². The highest BCUT2D eigenvalue weighted by Gasteiger charge is 2.04. The van der Waals surface area contributed by atoms with Crippen molar-refractivity contribution in [1.82, 2.24) is 14.6 Å². The monoisotopic (exact) mass is 259 g/mol. The standard InChI is InChI=1S/C13H10ClN3O/c14-11-6-7-12-15-13(8-17(12)16-11)18-9-10-4-2-1-3-5-10/h1-8H,9H2. The van der Waals surface area contributed by atoms with Gasteiger partial charge in [-0.05, 0) is 17.7 Å². The Bertz CT molecular complexity index is 666. The Morgan fingerprint density at radius 2 is 1.94 bits per heavy atom. The van der Waals surface area contributed by atoms with Crippen LogP contribution in [-0.2, 0) is 6.61 Å². The molecule has 0 saturated carbocycles. The smallest absolute Gasteiger partial charge is 0.234 e. The van der Waals surface area contributed by atoms with Crippen LogP contribution in [-0.4, -0.2) is 14.6 Å². The van der Waals surface area contributed by atoms with E-state index in [0.717, 1.165) is 5.56 Å². The van der Waals surface area contributed by atoms with Crippen LogP contribution in [0, 0.1) is 0 Å². The van der Waals surface area contributed by atoms with Crippen LogP contribution in [0.25, 0.3) is 5.65 Å². The Balaban J connectivity index is 1.79. The summed E-state index contributed by atoms with van der Waals surface area (Å²) in [5.74, 6) is 0.536. The number of rotatable bonds is 3. The van der Waals surface area contributed by atoms with E-state index in [1.165, 1.54) is 0 Å². The minimum Gasteiger partial charge on any atom is -0.472 e. The first-order valence-corrected chi connectivity index (χ1v) is 5.88. The topological polar surface area (TPSA) is 39.4 Å². The fraction of sp³-hybridized carbons (Fsp3) is 0.0769. The van der Waals surface area contributed by atoms with Gasteiger partial charge in [0.2, 0.25) is 5.88 Å². The maximum absolute atomic E-state index is 5.80. The Kier molecular flexibility index (Phi) is 2.86. The molecule has 2 heterocycles. The number of hydrogen-bond donors (Lipinski definition) is 0. The molecule has 90 valence electrons. The summed E-state index contributed by atoms with van der Waals surface area (Å²) in [5, 5.41) is 4.52. The predicted molar refractivity (Wildman–Crippen MR) is 68.8 cm³/mol. The summed E-state index contributed by atoms with van der Waals surface area (Å²) >= 11 is 5.80. The molecule has 5 heteroatoms. The van der Waals surface area contributed by atoms with Crippen molar-refractivity contribution in [3.8, 4) is 5.88 Å². The number of nitrogens with zero attached hydrogens (tertiary/aromatic N) is 3. The second kappa shape index (κ2) is 4.66. The number of imidazole rings is 1. The van der Waals surface area contributed by atoms with Gasteiger partial charge in [-0.2, -0.15) is 10.1 Å². The summed E-state index contributed by atoms with van der Waals surface area (Å²) in [5.41, 5.74) is 1.81. The van der Waals surface area contributed by atoms with Gasteiger partial charge in [-0.1, -0.05) is 41.9 Å². The molecule has 0 N–H and O–H groups in total. The fourth-order valence-corrected chi connectivity index (χ4v) is 1.78. The van der Waals surface area contributed by atoms with Crippen molar-refractivity contribution >= 4 is 17.2 Å². The highest BCUT2D eigenvalue weighted by Crippen LogP contribution is 2.14. The van der Waals surface area contributed by atoms with Crippen molar-refractivity contribution in [1.29, 1.82) is 0 Å². The van der Waals surface area contributed by atoms with Gasteiger partial charge in [0.15, 0.2) is 5.65 Å². The number of benzene rings is 1. The van der Waals surface area contributed by atoms with Crippen LogP contribution in [0.2, 0.25) is 5.15 Å². The maximum Gasteiger partial charge on any atom is 0.234 e. The second-order valence-corrected chi connectivity index (χ2v) is 4.20. The van der Waals surface area contributed by atoms with Crippen molar-refractivity contribution in [2.24, 2.45) is 0 Å². The number of fused-ring (bicyclic) bond motifs is 1. The first-order valence-electron chi connectivity index (χ1n) is 5.50. The average molecular weight is 260 g/mol. The third-order valence-electron chi connectivity index (χ3n) is 2.49. The van der Waals surface area contributed by atoms with Gasteiger partial charge in [0.25, 0.3) is 0 Å². The van der Waals surface area contributed by atoms with E-state index in [1.54, 1.807) is 22.8 Å². The highest BCUT2D eigenvalue weighted by molar-refractivity contribution is 6.29. The van der Waals surface area contributed by atoms with Crippen LogP contribution in [0.15, 0.2) is 48.7 Å². The van der Waals surface area contributed by atoms with Crippen molar-refractivity contribution < 1.29 is 4.74 Å². The SMILES string of the molecule is Clc1ccc2nc(OCc3ccccc3)cn2n1. The number of halogens is 1. The molecule has 0 aliphatic carbocycles. The zero-order valence-electron chi connectivity index (χ0n) is 9.45. The van der Waals surface area contributed by atoms with Gasteiger partial charge in [-0.15, -0.1) is 0 Å². The molecule has 0 unspecified atom stereocenters. The van der Waals surface area contributed by atoms with Crippen molar-refractivity contribution in [3.63, 3.8) is 0 Å². The molecule has 3 aromatic rings. The van der Waals surface area contributed by atoms with Crippen LogP contribution in [0.1, 0.15) is 5.56 Å². The minimum atomic E-state index is 0.425. The van der Waals surface area contributed by atoms with E-state index in [1.807, 2.05) is 30.3 Å². The third-order valence-corrected chi connectivity index (χ3v) is 2.70. The van der Waals surface area contributed by atoms with E-state index < -0.39 is 0 Å². The molecular weight excluding hydrogens is 250 g/mol. The highest BCUT2D eigenvalue weighted by atomic mass is 35.5. The van der Waals surface area contributed by atoms with Gasteiger partial charge < -0.3 is 4.74 Å². The summed E-state index contributed by atoms with van der Waals surface area (Å²) in [6.45, 7) is 0.485. The number of aromatic nitrogens is 3. The molecule has 0 aliphatic rings. The first-order chi connectivity index (χ1) is 8.81. The molecule has 0 aliphatic heterocycles. The first kappa shape index (κ1) is 11.0. The molecule has 18 heavy (non-hydrogen) atoms. The average Bonchev–Trinajstić information content (AvgIpc) is 2.79. The molecule has 0 radical (unpaired) electrons. The van der Waals surface area contributed by atoms with Gasteiger partial charge in [0.1, 0.15) is 11.8 Å². The van der Waals surface area contributed by atoms with E-state index in [2.05, 4.69) is 10.1 Å². The Morgan fingerprint density at radius 3 is 2.78 bits per heavy atom. The summed E-state index contributed by atoms with van der Waals surface area (Å²) < 4.78 is 7.20. The van der Waals surface area contributed by atoms with Crippen LogP contribution < -0.4 is 4.74 Å².